The number of halogens is 2. The van der Waals surface area contributed by atoms with Crippen LogP contribution in [0.5, 0.6) is 5.75 Å². The summed E-state index contributed by atoms with van der Waals surface area (Å²) in [5.41, 5.74) is 0.446. The zero-order chi connectivity index (χ0) is 19.1. The number of ether oxygens (including phenoxy) is 1. The monoisotopic (exact) mass is 397 g/mol. The van der Waals surface area contributed by atoms with Gasteiger partial charge in [-0.3, -0.25) is 9.59 Å². The zero-order valence-electron chi connectivity index (χ0n) is 14.0. The normalized spacial score (nSPS) is 10.3. The molecule has 2 aromatic rings. The maximum absolute atomic E-state index is 11.8. The van der Waals surface area contributed by atoms with E-state index in [-0.39, 0.29) is 30.7 Å². The van der Waals surface area contributed by atoms with E-state index in [1.165, 1.54) is 12.3 Å². The van der Waals surface area contributed by atoms with Gasteiger partial charge >= 0.3 is 0 Å². The molecule has 1 aromatic carbocycles. The summed E-state index contributed by atoms with van der Waals surface area (Å²) in [6.45, 7) is 5.46. The molecular formula is C17H17Cl2N3O4. The van der Waals surface area contributed by atoms with E-state index < -0.39 is 0 Å². The Morgan fingerprint density at radius 2 is 2.08 bits per heavy atom. The average molecular weight is 398 g/mol. The van der Waals surface area contributed by atoms with E-state index in [9.17, 15) is 9.59 Å². The van der Waals surface area contributed by atoms with E-state index in [4.69, 9.17) is 32.4 Å². The van der Waals surface area contributed by atoms with Crippen LogP contribution in [-0.2, 0) is 4.79 Å². The first kappa shape index (κ1) is 19.8. The predicted molar refractivity (Wildman–Crippen MR) is 97.4 cm³/mol. The van der Waals surface area contributed by atoms with Gasteiger partial charge in [0.1, 0.15) is 5.75 Å². The molecule has 26 heavy (non-hydrogen) atoms. The van der Waals surface area contributed by atoms with Gasteiger partial charge in [-0.1, -0.05) is 29.8 Å². The number of amides is 2. The third-order valence-electron chi connectivity index (χ3n) is 3.13. The number of benzene rings is 1. The van der Waals surface area contributed by atoms with E-state index in [1.54, 1.807) is 19.1 Å². The number of hydrogen-bond acceptors (Lipinski definition) is 5. The fraction of sp³-hybridized carbons (Fsp3) is 0.235. The first-order valence-electron chi connectivity index (χ1n) is 7.61. The Labute approximate surface area is 160 Å². The molecule has 0 saturated heterocycles. The van der Waals surface area contributed by atoms with Crippen molar-refractivity contribution in [3.63, 3.8) is 0 Å². The zero-order valence-corrected chi connectivity index (χ0v) is 15.5. The highest BCUT2D eigenvalue weighted by Crippen LogP contribution is 2.26. The van der Waals surface area contributed by atoms with E-state index >= 15 is 0 Å². The smallest absolute Gasteiger partial charge is 0.288 e. The molecule has 0 aliphatic heterocycles. The van der Waals surface area contributed by atoms with Gasteiger partial charge in [-0.05, 0) is 12.1 Å². The fourth-order valence-corrected chi connectivity index (χ4v) is 2.18. The highest BCUT2D eigenvalue weighted by molar-refractivity contribution is 6.42. The highest BCUT2D eigenvalue weighted by Gasteiger charge is 2.11. The molecule has 9 heteroatoms. The van der Waals surface area contributed by atoms with Crippen LogP contribution in [0.3, 0.4) is 0 Å². The number of rotatable bonds is 8. The van der Waals surface area contributed by atoms with Gasteiger partial charge in [0, 0.05) is 31.7 Å². The lowest BCUT2D eigenvalue weighted by Crippen LogP contribution is -2.30. The van der Waals surface area contributed by atoms with Crippen LogP contribution in [-0.4, -0.2) is 29.9 Å². The maximum Gasteiger partial charge on any atom is 0.288 e. The summed E-state index contributed by atoms with van der Waals surface area (Å²) in [7, 11) is 0. The molecule has 7 nitrogen and oxygen atoms in total. The summed E-state index contributed by atoms with van der Waals surface area (Å²) in [4.78, 5) is 27.4. The van der Waals surface area contributed by atoms with E-state index in [0.717, 1.165) is 0 Å². The number of nitrogens with zero attached hydrogens (tertiary/aromatic N) is 1. The van der Waals surface area contributed by atoms with Gasteiger partial charge in [-0.15, -0.1) is 0 Å². The quantitative estimate of drug-likeness (QED) is 0.713. The molecule has 0 unspecified atom stereocenters. The summed E-state index contributed by atoms with van der Waals surface area (Å²) in [6.07, 6.45) is 1.71. The van der Waals surface area contributed by atoms with Gasteiger partial charge in [0.25, 0.3) is 11.8 Å². The lowest BCUT2D eigenvalue weighted by Gasteiger charge is -2.10. The Kier molecular flexibility index (Phi) is 7.06. The second-order valence-corrected chi connectivity index (χ2v) is 6.08. The van der Waals surface area contributed by atoms with Crippen molar-refractivity contribution in [2.75, 3.05) is 13.2 Å². The van der Waals surface area contributed by atoms with Crippen LogP contribution in [0.4, 0.5) is 0 Å². The number of hydrogen-bond donors (Lipinski definition) is 2. The molecule has 2 rings (SSSR count). The van der Waals surface area contributed by atoms with Crippen LogP contribution >= 0.6 is 23.2 Å². The van der Waals surface area contributed by atoms with Crippen molar-refractivity contribution in [2.45, 2.75) is 13.3 Å². The minimum absolute atomic E-state index is 0.132. The van der Waals surface area contributed by atoms with Gasteiger partial charge in [0.05, 0.1) is 16.2 Å². The lowest BCUT2D eigenvalue weighted by atomic mass is 10.3. The largest absolute Gasteiger partial charge is 0.484 e. The summed E-state index contributed by atoms with van der Waals surface area (Å²) in [6, 6.07) is 4.71. The number of carbonyl (C=O) groups excluding carboxylic acids is 2. The standard InChI is InChI=1S/C17H17Cl2N3O4/c1-10(5-6-20-17(24)15-8-21-11(2)26-15)22-16(23)9-25-12-3-4-13(18)14(19)7-12/h3-4,7-8H,1,5-6,9H2,2H3,(H,20,24)(H,22,23). The van der Waals surface area contributed by atoms with Crippen molar-refractivity contribution in [1.29, 1.82) is 0 Å². The molecule has 0 fully saturated rings. The third kappa shape index (κ3) is 6.09. The lowest BCUT2D eigenvalue weighted by molar-refractivity contribution is -0.122. The minimum atomic E-state index is -0.382. The minimum Gasteiger partial charge on any atom is -0.484 e. The Hall–Kier alpha value is -2.51. The van der Waals surface area contributed by atoms with Gasteiger partial charge in [0.15, 0.2) is 12.5 Å². The van der Waals surface area contributed by atoms with Gasteiger partial charge < -0.3 is 19.8 Å². The summed E-state index contributed by atoms with van der Waals surface area (Å²) >= 11 is 11.7. The second-order valence-electron chi connectivity index (χ2n) is 5.27. The molecule has 0 spiro atoms. The Balaban J connectivity index is 1.67. The molecule has 138 valence electrons. The van der Waals surface area contributed by atoms with Crippen molar-refractivity contribution in [3.8, 4) is 5.75 Å². The molecule has 0 bridgehead atoms. The average Bonchev–Trinajstić information content (AvgIpc) is 3.02. The molecule has 0 aliphatic carbocycles. The Morgan fingerprint density at radius 1 is 1.31 bits per heavy atom. The number of aryl methyl sites for hydroxylation is 1. The molecule has 2 amide bonds. The first-order valence-corrected chi connectivity index (χ1v) is 8.37. The molecule has 0 saturated carbocycles. The molecule has 2 N–H and O–H groups in total. The van der Waals surface area contributed by atoms with Crippen LogP contribution in [0.1, 0.15) is 22.9 Å². The summed E-state index contributed by atoms with van der Waals surface area (Å²) < 4.78 is 10.4. The Morgan fingerprint density at radius 3 is 2.73 bits per heavy atom. The van der Waals surface area contributed by atoms with Gasteiger partial charge in [-0.25, -0.2) is 4.98 Å². The van der Waals surface area contributed by atoms with Crippen LogP contribution in [0.2, 0.25) is 10.0 Å². The van der Waals surface area contributed by atoms with Crippen LogP contribution < -0.4 is 15.4 Å². The van der Waals surface area contributed by atoms with Gasteiger partial charge in [0.2, 0.25) is 5.76 Å². The Bertz CT molecular complexity index is 820. The highest BCUT2D eigenvalue weighted by atomic mass is 35.5. The summed E-state index contributed by atoms with van der Waals surface area (Å²) in [5, 5.41) is 5.97. The van der Waals surface area contributed by atoms with Crippen LogP contribution in [0.25, 0.3) is 0 Å². The van der Waals surface area contributed by atoms with Crippen LogP contribution in [0, 0.1) is 6.92 Å². The molecular weight excluding hydrogens is 381 g/mol. The van der Waals surface area contributed by atoms with E-state index in [0.29, 0.717) is 33.8 Å². The third-order valence-corrected chi connectivity index (χ3v) is 3.87. The number of aromatic nitrogens is 1. The first-order chi connectivity index (χ1) is 12.3. The maximum atomic E-state index is 11.8. The topological polar surface area (TPSA) is 93.5 Å². The number of carbonyl (C=O) groups is 2. The van der Waals surface area contributed by atoms with Crippen LogP contribution in [0.15, 0.2) is 41.1 Å². The van der Waals surface area contributed by atoms with Crippen molar-refractivity contribution in [1.82, 2.24) is 15.6 Å². The van der Waals surface area contributed by atoms with E-state index in [1.807, 2.05) is 0 Å². The van der Waals surface area contributed by atoms with Crippen molar-refractivity contribution in [3.05, 3.63) is 58.4 Å². The number of oxazole rings is 1. The summed E-state index contributed by atoms with van der Waals surface area (Å²) in [5.74, 6) is 0.210. The van der Waals surface area contributed by atoms with Crippen molar-refractivity contribution < 1.29 is 18.7 Å². The second kappa shape index (κ2) is 9.26. The molecule has 0 radical (unpaired) electrons. The number of nitrogens with one attached hydrogen (secondary N) is 2. The molecule has 1 heterocycles. The van der Waals surface area contributed by atoms with E-state index in [2.05, 4.69) is 22.2 Å². The van der Waals surface area contributed by atoms with Gasteiger partial charge in [-0.2, -0.15) is 0 Å². The van der Waals surface area contributed by atoms with Crippen molar-refractivity contribution >= 4 is 35.0 Å². The fourth-order valence-electron chi connectivity index (χ4n) is 1.89. The molecule has 0 aliphatic rings. The SMILES string of the molecule is C=C(CCNC(=O)c1cnc(C)o1)NC(=O)COc1ccc(Cl)c(Cl)c1. The molecule has 0 atom stereocenters. The predicted octanol–water partition coefficient (Wildman–Crippen LogP) is 3.12. The molecule has 1 aromatic heterocycles. The van der Waals surface area contributed by atoms with Crippen molar-refractivity contribution in [2.24, 2.45) is 0 Å².